The van der Waals surface area contributed by atoms with E-state index in [0.717, 1.165) is 6.04 Å². The Hall–Kier alpha value is 0.234. The summed E-state index contributed by atoms with van der Waals surface area (Å²) in [6.45, 7) is 22.5. The van der Waals surface area contributed by atoms with E-state index in [1.54, 1.807) is 0 Å². The van der Waals surface area contributed by atoms with Gasteiger partial charge in [-0.3, -0.25) is 0 Å². The highest BCUT2D eigenvalue weighted by Gasteiger charge is 2.47. The van der Waals surface area contributed by atoms with E-state index in [2.05, 4.69) is 34.2 Å². The highest BCUT2D eigenvalue weighted by Crippen LogP contribution is 2.29. The molecule has 0 saturated carbocycles. The maximum Gasteiger partial charge on any atom is 0.501 e. The van der Waals surface area contributed by atoms with Crippen LogP contribution < -0.4 is 0 Å². The summed E-state index contributed by atoms with van der Waals surface area (Å²) >= 11 is 0. The van der Waals surface area contributed by atoms with Crippen LogP contribution in [-0.4, -0.2) is 47.9 Å². The lowest BCUT2D eigenvalue weighted by molar-refractivity contribution is 0.00307. The van der Waals surface area contributed by atoms with Crippen molar-refractivity contribution in [2.75, 3.05) is 0 Å². The summed E-state index contributed by atoms with van der Waals surface area (Å²) in [6, 6.07) is 1.51. The fourth-order valence-corrected chi connectivity index (χ4v) is 10.9. The lowest BCUT2D eigenvalue weighted by Gasteiger charge is -2.37. The van der Waals surface area contributed by atoms with Gasteiger partial charge in [0, 0.05) is 36.6 Å². The maximum atomic E-state index is 6.27. The van der Waals surface area contributed by atoms with Crippen molar-refractivity contribution in [2.24, 2.45) is 0 Å². The predicted molar refractivity (Wildman–Crippen MR) is 108 cm³/mol. The van der Waals surface area contributed by atoms with Gasteiger partial charge in [0.05, 0.1) is 0 Å². The van der Waals surface area contributed by atoms with Crippen LogP contribution in [-0.2, 0) is 22.1 Å². The molecule has 0 rings (SSSR count). The van der Waals surface area contributed by atoms with Crippen molar-refractivity contribution in [3.8, 4) is 0 Å². The van der Waals surface area contributed by atoms with Crippen LogP contribution >= 0.6 is 0 Å². The molecule has 0 radical (unpaired) electrons. The largest absolute Gasteiger partial charge is 0.501 e. The van der Waals surface area contributed by atoms with E-state index < -0.39 is 17.4 Å². The molecule has 7 heteroatoms. The van der Waals surface area contributed by atoms with Gasteiger partial charge in [0.2, 0.25) is 0 Å². The van der Waals surface area contributed by atoms with Crippen LogP contribution in [0.2, 0.25) is 18.6 Å². The number of rotatable bonds is 13. The summed E-state index contributed by atoms with van der Waals surface area (Å²) in [5, 5.41) is 0. The molecule has 0 aromatic rings. The van der Waals surface area contributed by atoms with Gasteiger partial charge in [0.15, 0.2) is 0 Å². The van der Waals surface area contributed by atoms with Crippen LogP contribution in [0.1, 0.15) is 69.2 Å². The second kappa shape index (κ2) is 11.2. The topological polar surface area (TPSA) is 46.2 Å². The first-order valence-corrected chi connectivity index (χ1v) is 14.1. The molecular weight excluding hydrogens is 352 g/mol. The first-order chi connectivity index (χ1) is 11.3. The van der Waals surface area contributed by atoms with Crippen LogP contribution in [0, 0.1) is 0 Å². The first kappa shape index (κ1) is 25.2. The molecule has 152 valence electrons. The second-order valence-electron chi connectivity index (χ2n) is 8.15. The second-order valence-corrected chi connectivity index (χ2v) is 14.0. The third-order valence-corrected chi connectivity index (χ3v) is 10.1. The lowest BCUT2D eigenvalue weighted by Crippen LogP contribution is -2.53. The van der Waals surface area contributed by atoms with Crippen LogP contribution in [0.25, 0.3) is 0 Å². The Balaban J connectivity index is 5.41. The van der Waals surface area contributed by atoms with Gasteiger partial charge < -0.3 is 22.1 Å². The maximum absolute atomic E-state index is 6.27. The van der Waals surface area contributed by atoms with Crippen LogP contribution in [0.3, 0.4) is 0 Å². The van der Waals surface area contributed by atoms with Crippen LogP contribution in [0.4, 0.5) is 0 Å². The molecule has 0 amide bonds. The van der Waals surface area contributed by atoms with E-state index in [-0.39, 0.29) is 30.5 Å². The summed E-state index contributed by atoms with van der Waals surface area (Å²) in [6.07, 6.45) is 0.418. The van der Waals surface area contributed by atoms with Gasteiger partial charge in [-0.2, -0.15) is 0 Å². The molecular formula is C18H42O5Si2. The first-order valence-electron chi connectivity index (χ1n) is 9.68. The summed E-state index contributed by atoms with van der Waals surface area (Å²) in [5.41, 5.74) is 0. The van der Waals surface area contributed by atoms with E-state index in [1.165, 1.54) is 0 Å². The Bertz CT molecular complexity index is 323. The molecule has 0 spiro atoms. The third kappa shape index (κ3) is 11.5. The van der Waals surface area contributed by atoms with Crippen molar-refractivity contribution < 1.29 is 22.1 Å². The molecule has 0 fully saturated rings. The SMILES string of the molecule is CC(C)O[Si](C)(CC[Si](OC(C)C)(OC(C)C)OC(C)C)OC(C)C. The Kier molecular flexibility index (Phi) is 11.3. The highest BCUT2D eigenvalue weighted by atomic mass is 28.4. The molecule has 0 aromatic carbocycles. The van der Waals surface area contributed by atoms with Crippen LogP contribution in [0.5, 0.6) is 0 Å². The molecule has 0 unspecified atom stereocenters. The van der Waals surface area contributed by atoms with Gasteiger partial charge in [-0.15, -0.1) is 0 Å². The van der Waals surface area contributed by atoms with Gasteiger partial charge >= 0.3 is 17.4 Å². The molecule has 0 aliphatic heterocycles. The van der Waals surface area contributed by atoms with Crippen molar-refractivity contribution in [1.29, 1.82) is 0 Å². The van der Waals surface area contributed by atoms with E-state index >= 15 is 0 Å². The number of hydrogen-bond donors (Lipinski definition) is 0. The van der Waals surface area contributed by atoms with Crippen molar-refractivity contribution >= 4 is 17.4 Å². The predicted octanol–water partition coefficient (Wildman–Crippen LogP) is 5.12. The van der Waals surface area contributed by atoms with Crippen molar-refractivity contribution in [1.82, 2.24) is 0 Å². The minimum Gasteiger partial charge on any atom is -0.392 e. The fraction of sp³-hybridized carbons (Fsp3) is 1.00. The average Bonchev–Trinajstić information content (AvgIpc) is 2.31. The zero-order valence-electron chi connectivity index (χ0n) is 18.3. The van der Waals surface area contributed by atoms with E-state index in [0.29, 0.717) is 6.04 Å². The monoisotopic (exact) mass is 394 g/mol. The van der Waals surface area contributed by atoms with E-state index in [1.807, 2.05) is 41.5 Å². The molecule has 0 aliphatic rings. The summed E-state index contributed by atoms with van der Waals surface area (Å²) in [7, 11) is -5.17. The summed E-state index contributed by atoms with van der Waals surface area (Å²) in [4.78, 5) is 0. The van der Waals surface area contributed by atoms with E-state index in [9.17, 15) is 0 Å². The minimum atomic E-state index is -2.82. The van der Waals surface area contributed by atoms with Crippen LogP contribution in [0.15, 0.2) is 0 Å². The molecule has 0 N–H and O–H groups in total. The van der Waals surface area contributed by atoms with Gasteiger partial charge in [-0.1, -0.05) is 0 Å². The molecule has 0 heterocycles. The zero-order chi connectivity index (χ0) is 19.8. The molecule has 0 atom stereocenters. The normalized spacial score (nSPS) is 13.9. The summed E-state index contributed by atoms with van der Waals surface area (Å²) < 4.78 is 31.3. The molecule has 0 aliphatic carbocycles. The fourth-order valence-electron chi connectivity index (χ4n) is 2.86. The minimum absolute atomic E-state index is 0.0501. The van der Waals surface area contributed by atoms with Crippen molar-refractivity contribution in [3.63, 3.8) is 0 Å². The molecule has 25 heavy (non-hydrogen) atoms. The third-order valence-electron chi connectivity index (χ3n) is 3.10. The quantitative estimate of drug-likeness (QED) is 0.406. The van der Waals surface area contributed by atoms with E-state index in [4.69, 9.17) is 22.1 Å². The van der Waals surface area contributed by atoms with Gasteiger partial charge in [0.25, 0.3) is 0 Å². The standard InChI is InChI=1S/C18H42O5Si2/c1-14(2)19-24(11,20-15(3)4)12-13-25(21-16(5)6,22-17(7)8)23-18(9)10/h14-18H,12-13H2,1-11H3. The van der Waals surface area contributed by atoms with Gasteiger partial charge in [-0.05, 0) is 81.8 Å². The molecule has 0 bridgehead atoms. The van der Waals surface area contributed by atoms with Crippen molar-refractivity contribution in [2.45, 2.75) is 118 Å². The Morgan fingerprint density at radius 2 is 0.760 bits per heavy atom. The average molecular weight is 395 g/mol. The van der Waals surface area contributed by atoms with Gasteiger partial charge in [-0.25, -0.2) is 0 Å². The van der Waals surface area contributed by atoms with Crippen molar-refractivity contribution in [3.05, 3.63) is 0 Å². The molecule has 5 nitrogen and oxygen atoms in total. The van der Waals surface area contributed by atoms with Gasteiger partial charge in [0.1, 0.15) is 0 Å². The Labute approximate surface area is 158 Å². The lowest BCUT2D eigenvalue weighted by atomic mass is 10.5. The Morgan fingerprint density at radius 3 is 1.00 bits per heavy atom. The molecule has 0 aromatic heterocycles. The number of hydrogen-bond acceptors (Lipinski definition) is 5. The summed E-state index contributed by atoms with van der Waals surface area (Å²) in [5.74, 6) is 0. The zero-order valence-corrected chi connectivity index (χ0v) is 20.3. The Morgan fingerprint density at radius 1 is 0.480 bits per heavy atom. The highest BCUT2D eigenvalue weighted by molar-refractivity contribution is 6.69. The smallest absolute Gasteiger partial charge is 0.392 e. The molecule has 0 saturated heterocycles.